The lowest BCUT2D eigenvalue weighted by Gasteiger charge is -2.04. The van der Waals surface area contributed by atoms with Crippen LogP contribution in [0.25, 0.3) is 5.65 Å². The molecule has 0 atom stereocenters. The van der Waals surface area contributed by atoms with Crippen LogP contribution in [0, 0.1) is 20.8 Å². The second-order valence-electron chi connectivity index (χ2n) is 3.77. The molecule has 0 fully saturated rings. The molecule has 0 aliphatic heterocycles. The van der Waals surface area contributed by atoms with Crippen LogP contribution in [0.2, 0.25) is 5.15 Å². The van der Waals surface area contributed by atoms with E-state index in [4.69, 9.17) is 11.6 Å². The number of halogens is 1. The standard InChI is InChI=1S/C11H14ClN3/c1-5-9-8(4)14-15-10(12)6(2)7(3)13-11(9)15/h5H2,1-4H3. The lowest BCUT2D eigenvalue weighted by Crippen LogP contribution is -1.99. The van der Waals surface area contributed by atoms with Crippen molar-refractivity contribution >= 4 is 17.2 Å². The summed E-state index contributed by atoms with van der Waals surface area (Å²) in [7, 11) is 0. The minimum Gasteiger partial charge on any atom is -0.233 e. The molecule has 2 aromatic rings. The molecule has 0 unspecified atom stereocenters. The summed E-state index contributed by atoms with van der Waals surface area (Å²) in [5, 5.41) is 5.07. The third kappa shape index (κ3) is 1.42. The molecule has 0 amide bonds. The van der Waals surface area contributed by atoms with E-state index in [-0.39, 0.29) is 0 Å². The predicted octanol–water partition coefficient (Wildman–Crippen LogP) is 2.87. The van der Waals surface area contributed by atoms with Gasteiger partial charge in [-0.2, -0.15) is 5.10 Å². The average Bonchev–Trinajstić information content (AvgIpc) is 2.51. The SMILES string of the molecule is CCc1c(C)nn2c(Cl)c(C)c(C)nc12. The largest absolute Gasteiger partial charge is 0.233 e. The number of hydrogen-bond donors (Lipinski definition) is 0. The van der Waals surface area contributed by atoms with Crippen LogP contribution in [0.1, 0.15) is 29.4 Å². The average molecular weight is 224 g/mol. The molecule has 0 saturated carbocycles. The summed E-state index contributed by atoms with van der Waals surface area (Å²) in [6.07, 6.45) is 0.932. The van der Waals surface area contributed by atoms with Gasteiger partial charge in [0, 0.05) is 16.8 Å². The zero-order chi connectivity index (χ0) is 11.2. The number of hydrogen-bond acceptors (Lipinski definition) is 2. The molecule has 0 aromatic carbocycles. The van der Waals surface area contributed by atoms with Gasteiger partial charge in [-0.1, -0.05) is 18.5 Å². The van der Waals surface area contributed by atoms with Gasteiger partial charge in [0.15, 0.2) is 5.65 Å². The molecule has 0 saturated heterocycles. The van der Waals surface area contributed by atoms with E-state index in [0.717, 1.165) is 29.0 Å². The Bertz CT molecular complexity index is 528. The number of aryl methyl sites for hydroxylation is 3. The summed E-state index contributed by atoms with van der Waals surface area (Å²) in [6, 6.07) is 0. The van der Waals surface area contributed by atoms with Gasteiger partial charge in [0.1, 0.15) is 5.15 Å². The fraction of sp³-hybridized carbons (Fsp3) is 0.455. The van der Waals surface area contributed by atoms with E-state index in [9.17, 15) is 0 Å². The number of rotatable bonds is 1. The minimum absolute atomic E-state index is 0.667. The Morgan fingerprint density at radius 1 is 1.20 bits per heavy atom. The fourth-order valence-corrected chi connectivity index (χ4v) is 2.02. The molecule has 4 heteroatoms. The first-order chi connectivity index (χ1) is 7.06. The Kier molecular flexibility index (Phi) is 2.43. The molecule has 0 bridgehead atoms. The van der Waals surface area contributed by atoms with E-state index in [0.29, 0.717) is 5.15 Å². The van der Waals surface area contributed by atoms with Gasteiger partial charge in [-0.25, -0.2) is 9.50 Å². The Morgan fingerprint density at radius 2 is 1.87 bits per heavy atom. The van der Waals surface area contributed by atoms with Crippen LogP contribution >= 0.6 is 11.6 Å². The Morgan fingerprint density at radius 3 is 2.47 bits per heavy atom. The Balaban J connectivity index is 2.92. The van der Waals surface area contributed by atoms with Crippen molar-refractivity contribution in [1.82, 2.24) is 14.6 Å². The molecule has 0 radical (unpaired) electrons. The highest BCUT2D eigenvalue weighted by Gasteiger charge is 2.14. The monoisotopic (exact) mass is 223 g/mol. The molecule has 80 valence electrons. The molecule has 2 rings (SSSR count). The summed E-state index contributed by atoms with van der Waals surface area (Å²) in [6.45, 7) is 8.04. The van der Waals surface area contributed by atoms with Crippen LogP contribution in [0.15, 0.2) is 0 Å². The summed E-state index contributed by atoms with van der Waals surface area (Å²) in [4.78, 5) is 4.54. The second kappa shape index (κ2) is 3.49. The zero-order valence-corrected chi connectivity index (χ0v) is 10.2. The molecular weight excluding hydrogens is 210 g/mol. The van der Waals surface area contributed by atoms with Crippen molar-refractivity contribution in [1.29, 1.82) is 0 Å². The lowest BCUT2D eigenvalue weighted by molar-refractivity contribution is 0.898. The summed E-state index contributed by atoms with van der Waals surface area (Å²) in [5.74, 6) is 0. The molecule has 2 heterocycles. The van der Waals surface area contributed by atoms with E-state index >= 15 is 0 Å². The number of nitrogens with zero attached hydrogens (tertiary/aromatic N) is 3. The van der Waals surface area contributed by atoms with Gasteiger partial charge in [0.05, 0.1) is 5.69 Å². The van der Waals surface area contributed by atoms with Gasteiger partial charge < -0.3 is 0 Å². The highest BCUT2D eigenvalue weighted by Crippen LogP contribution is 2.22. The minimum atomic E-state index is 0.667. The van der Waals surface area contributed by atoms with Crippen molar-refractivity contribution < 1.29 is 0 Å². The molecule has 2 aromatic heterocycles. The van der Waals surface area contributed by atoms with E-state index < -0.39 is 0 Å². The van der Waals surface area contributed by atoms with Crippen LogP contribution in [-0.4, -0.2) is 14.6 Å². The van der Waals surface area contributed by atoms with Gasteiger partial charge in [0.2, 0.25) is 0 Å². The highest BCUT2D eigenvalue weighted by atomic mass is 35.5. The molecule has 0 N–H and O–H groups in total. The Labute approximate surface area is 94.1 Å². The first-order valence-corrected chi connectivity index (χ1v) is 5.45. The smallest absolute Gasteiger partial charge is 0.160 e. The van der Waals surface area contributed by atoms with E-state index in [1.165, 1.54) is 5.56 Å². The summed E-state index contributed by atoms with van der Waals surface area (Å²) in [5.41, 5.74) is 5.05. The van der Waals surface area contributed by atoms with Gasteiger partial charge in [-0.15, -0.1) is 0 Å². The lowest BCUT2D eigenvalue weighted by atomic mass is 10.2. The van der Waals surface area contributed by atoms with Gasteiger partial charge in [-0.05, 0) is 27.2 Å². The molecule has 3 nitrogen and oxygen atoms in total. The quantitative estimate of drug-likeness (QED) is 0.696. The van der Waals surface area contributed by atoms with E-state index in [1.54, 1.807) is 4.52 Å². The number of fused-ring (bicyclic) bond motifs is 1. The van der Waals surface area contributed by atoms with Crippen LogP contribution in [0.4, 0.5) is 0 Å². The van der Waals surface area contributed by atoms with Crippen LogP contribution in [-0.2, 0) is 6.42 Å². The first-order valence-electron chi connectivity index (χ1n) is 5.07. The third-order valence-corrected chi connectivity index (χ3v) is 3.27. The van der Waals surface area contributed by atoms with Crippen molar-refractivity contribution in [3.05, 3.63) is 27.7 Å². The van der Waals surface area contributed by atoms with Gasteiger partial charge in [0.25, 0.3) is 0 Å². The van der Waals surface area contributed by atoms with Crippen LogP contribution in [0.5, 0.6) is 0 Å². The van der Waals surface area contributed by atoms with E-state index in [1.807, 2.05) is 20.8 Å². The van der Waals surface area contributed by atoms with Crippen molar-refractivity contribution in [3.8, 4) is 0 Å². The zero-order valence-electron chi connectivity index (χ0n) is 9.43. The normalized spacial score (nSPS) is 11.3. The van der Waals surface area contributed by atoms with Crippen molar-refractivity contribution in [3.63, 3.8) is 0 Å². The van der Waals surface area contributed by atoms with Crippen LogP contribution in [0.3, 0.4) is 0 Å². The second-order valence-corrected chi connectivity index (χ2v) is 4.12. The highest BCUT2D eigenvalue weighted by molar-refractivity contribution is 6.30. The maximum Gasteiger partial charge on any atom is 0.160 e. The van der Waals surface area contributed by atoms with Crippen LogP contribution < -0.4 is 0 Å². The first kappa shape index (κ1) is 10.4. The predicted molar refractivity (Wildman–Crippen MR) is 61.6 cm³/mol. The fourth-order valence-electron chi connectivity index (χ4n) is 1.76. The third-order valence-electron chi connectivity index (χ3n) is 2.82. The van der Waals surface area contributed by atoms with Crippen molar-refractivity contribution in [2.75, 3.05) is 0 Å². The molecule has 0 aliphatic rings. The molecule has 0 spiro atoms. The van der Waals surface area contributed by atoms with Crippen molar-refractivity contribution in [2.45, 2.75) is 34.1 Å². The van der Waals surface area contributed by atoms with Gasteiger partial charge >= 0.3 is 0 Å². The summed E-state index contributed by atoms with van der Waals surface area (Å²) >= 11 is 6.23. The molecule has 0 aliphatic carbocycles. The Hall–Kier alpha value is -1.09. The maximum atomic E-state index is 6.23. The van der Waals surface area contributed by atoms with E-state index in [2.05, 4.69) is 17.0 Å². The molecular formula is C11H14ClN3. The maximum absolute atomic E-state index is 6.23. The molecule has 15 heavy (non-hydrogen) atoms. The number of aromatic nitrogens is 3. The summed E-state index contributed by atoms with van der Waals surface area (Å²) < 4.78 is 1.73. The van der Waals surface area contributed by atoms with Crippen molar-refractivity contribution in [2.24, 2.45) is 0 Å². The van der Waals surface area contributed by atoms with Gasteiger partial charge in [-0.3, -0.25) is 0 Å². The topological polar surface area (TPSA) is 30.2 Å².